The Balaban J connectivity index is 0. The topological polar surface area (TPSA) is 12.0 Å². The molecule has 0 aliphatic rings. The van der Waals surface area contributed by atoms with Crippen molar-refractivity contribution in [3.05, 3.63) is 0 Å². The van der Waals surface area contributed by atoms with Crippen LogP contribution in [0.15, 0.2) is 0 Å². The van der Waals surface area contributed by atoms with Crippen molar-refractivity contribution in [3.63, 3.8) is 0 Å². The largest absolute Gasteiger partial charge is 0.320 e. The van der Waals surface area contributed by atoms with Gasteiger partial charge in [-0.25, -0.2) is 0 Å². The molecule has 0 radical (unpaired) electrons. The van der Waals surface area contributed by atoms with Crippen LogP contribution in [0.5, 0.6) is 0 Å². The number of nitrogens with one attached hydrogen (secondary N) is 1. The van der Waals surface area contributed by atoms with Crippen molar-refractivity contribution in [3.8, 4) is 0 Å². The van der Waals surface area contributed by atoms with Gasteiger partial charge in [-0.15, -0.1) is 0 Å². The van der Waals surface area contributed by atoms with Crippen LogP contribution < -0.4 is 5.32 Å². The first kappa shape index (κ1) is 7.96. The summed E-state index contributed by atoms with van der Waals surface area (Å²) in [7, 11) is 2.01. The van der Waals surface area contributed by atoms with Crippen LogP contribution in [0.4, 0.5) is 0 Å². The van der Waals surface area contributed by atoms with Gasteiger partial charge in [0.1, 0.15) is 0 Å². The molecule has 0 aromatic rings. The van der Waals surface area contributed by atoms with Gasteiger partial charge in [0.2, 0.25) is 0 Å². The monoisotopic (exact) mass is 117 g/mol. The van der Waals surface area contributed by atoms with Crippen LogP contribution in [-0.4, -0.2) is 13.6 Å². The van der Waals surface area contributed by atoms with Gasteiger partial charge >= 0.3 is 0 Å². The molecule has 0 rings (SSSR count). The molecule has 0 heterocycles. The minimum absolute atomic E-state index is 0. The summed E-state index contributed by atoms with van der Waals surface area (Å²) in [4.78, 5) is 0. The highest BCUT2D eigenvalue weighted by atomic mass is 14.8. The lowest BCUT2D eigenvalue weighted by atomic mass is 10.2. The Morgan fingerprint density at radius 3 is 2.50 bits per heavy atom. The third-order valence-corrected chi connectivity index (χ3v) is 1.28. The Labute approximate surface area is 54.0 Å². The van der Waals surface area contributed by atoms with E-state index in [0.717, 1.165) is 0 Å². The molecule has 0 aromatic carbocycles. The number of unbranched alkanes of at least 4 members (excludes halogenated alkanes) is 3. The standard InChI is InChI=1S/C7H17N.H2/c1-3-4-5-6-7-8-2;/h8H,3-7H2,1-2H3;1H. The van der Waals surface area contributed by atoms with Gasteiger partial charge in [0.25, 0.3) is 0 Å². The lowest BCUT2D eigenvalue weighted by molar-refractivity contribution is 0.634. The number of hydrogen-bond acceptors (Lipinski definition) is 1. The molecule has 0 unspecified atom stereocenters. The predicted molar refractivity (Wildman–Crippen MR) is 40.2 cm³/mol. The Kier molecular flexibility index (Phi) is 6.93. The first-order valence-corrected chi connectivity index (χ1v) is 3.56. The van der Waals surface area contributed by atoms with E-state index in [2.05, 4.69) is 12.2 Å². The molecular formula is C7H19N. The summed E-state index contributed by atoms with van der Waals surface area (Å²) in [5.41, 5.74) is 0. The maximum atomic E-state index is 3.13. The van der Waals surface area contributed by atoms with E-state index >= 15 is 0 Å². The molecule has 0 atom stereocenters. The highest BCUT2D eigenvalue weighted by molar-refractivity contribution is 4.41. The van der Waals surface area contributed by atoms with Gasteiger partial charge in [-0.1, -0.05) is 26.2 Å². The van der Waals surface area contributed by atoms with Gasteiger partial charge in [-0.05, 0) is 20.0 Å². The summed E-state index contributed by atoms with van der Waals surface area (Å²) < 4.78 is 0. The molecule has 0 saturated heterocycles. The van der Waals surface area contributed by atoms with Gasteiger partial charge < -0.3 is 5.32 Å². The van der Waals surface area contributed by atoms with E-state index in [4.69, 9.17) is 0 Å². The zero-order chi connectivity index (χ0) is 6.24. The summed E-state index contributed by atoms with van der Waals surface area (Å²) >= 11 is 0. The average Bonchev–Trinajstić information content (AvgIpc) is 1.81. The van der Waals surface area contributed by atoms with Crippen molar-refractivity contribution in [1.82, 2.24) is 5.32 Å². The Hall–Kier alpha value is -0.0400. The van der Waals surface area contributed by atoms with Crippen LogP contribution in [0.3, 0.4) is 0 Å². The highest BCUT2D eigenvalue weighted by Crippen LogP contribution is 1.96. The molecule has 0 bridgehead atoms. The molecule has 0 spiro atoms. The first-order valence-electron chi connectivity index (χ1n) is 3.56. The minimum Gasteiger partial charge on any atom is -0.320 e. The van der Waals surface area contributed by atoms with Crippen molar-refractivity contribution in [2.24, 2.45) is 0 Å². The van der Waals surface area contributed by atoms with Crippen LogP contribution in [0.25, 0.3) is 0 Å². The van der Waals surface area contributed by atoms with Crippen LogP contribution in [0.2, 0.25) is 0 Å². The first-order chi connectivity index (χ1) is 3.91. The van der Waals surface area contributed by atoms with Gasteiger partial charge in [-0.3, -0.25) is 0 Å². The number of rotatable bonds is 5. The van der Waals surface area contributed by atoms with Crippen LogP contribution in [-0.2, 0) is 0 Å². The summed E-state index contributed by atoms with van der Waals surface area (Å²) in [6, 6.07) is 0. The normalized spacial score (nSPS) is 9.75. The zero-order valence-electron chi connectivity index (χ0n) is 6.04. The smallest absolute Gasteiger partial charge is 0 e. The predicted octanol–water partition coefficient (Wildman–Crippen LogP) is 2.03. The third kappa shape index (κ3) is 5.96. The van der Waals surface area contributed by atoms with Crippen molar-refractivity contribution in [2.75, 3.05) is 13.6 Å². The van der Waals surface area contributed by atoms with E-state index in [1.54, 1.807) is 0 Å². The molecule has 52 valence electrons. The SMILES string of the molecule is CCCCCCNC.[HH]. The van der Waals surface area contributed by atoms with E-state index < -0.39 is 0 Å². The van der Waals surface area contributed by atoms with Gasteiger partial charge in [0.15, 0.2) is 0 Å². The van der Waals surface area contributed by atoms with Crippen LogP contribution >= 0.6 is 0 Å². The summed E-state index contributed by atoms with van der Waals surface area (Å²) in [5.74, 6) is 0. The van der Waals surface area contributed by atoms with Crippen molar-refractivity contribution < 1.29 is 1.43 Å². The van der Waals surface area contributed by atoms with Crippen LogP contribution in [0.1, 0.15) is 34.0 Å². The fraction of sp³-hybridized carbons (Fsp3) is 1.00. The van der Waals surface area contributed by atoms with E-state index in [-0.39, 0.29) is 1.43 Å². The average molecular weight is 117 g/mol. The summed E-state index contributed by atoms with van der Waals surface area (Å²) in [6.45, 7) is 3.42. The maximum absolute atomic E-state index is 3.13. The molecule has 0 aliphatic heterocycles. The molecule has 0 aromatic heterocycles. The van der Waals surface area contributed by atoms with Gasteiger partial charge in [0.05, 0.1) is 0 Å². The van der Waals surface area contributed by atoms with Crippen LogP contribution in [0, 0.1) is 0 Å². The third-order valence-electron chi connectivity index (χ3n) is 1.28. The summed E-state index contributed by atoms with van der Waals surface area (Å²) in [5, 5.41) is 3.13. The molecule has 8 heavy (non-hydrogen) atoms. The van der Waals surface area contributed by atoms with Crippen molar-refractivity contribution in [2.45, 2.75) is 32.6 Å². The molecule has 0 saturated carbocycles. The molecular weight excluding hydrogens is 98.1 g/mol. The second-order valence-electron chi connectivity index (χ2n) is 2.16. The second-order valence-corrected chi connectivity index (χ2v) is 2.16. The van der Waals surface area contributed by atoms with Crippen molar-refractivity contribution >= 4 is 0 Å². The minimum atomic E-state index is 0. The molecule has 0 fully saturated rings. The fourth-order valence-corrected chi connectivity index (χ4v) is 0.729. The number of hydrogen-bond donors (Lipinski definition) is 1. The molecule has 0 amide bonds. The Morgan fingerprint density at radius 1 is 1.25 bits per heavy atom. The van der Waals surface area contributed by atoms with E-state index in [0.29, 0.717) is 0 Å². The quantitative estimate of drug-likeness (QED) is 0.543. The van der Waals surface area contributed by atoms with E-state index in [1.165, 1.54) is 32.2 Å². The van der Waals surface area contributed by atoms with E-state index in [9.17, 15) is 0 Å². The highest BCUT2D eigenvalue weighted by Gasteiger charge is 1.82. The Bertz CT molecular complexity index is 33.9. The second kappa shape index (κ2) is 6.96. The Morgan fingerprint density at radius 2 is 2.00 bits per heavy atom. The molecule has 1 heteroatoms. The zero-order valence-corrected chi connectivity index (χ0v) is 6.04. The lowest BCUT2D eigenvalue weighted by Crippen LogP contribution is -2.06. The maximum Gasteiger partial charge on any atom is 0 e. The van der Waals surface area contributed by atoms with E-state index in [1.807, 2.05) is 7.05 Å². The molecule has 1 nitrogen and oxygen atoms in total. The molecule has 0 aliphatic carbocycles. The van der Waals surface area contributed by atoms with Crippen molar-refractivity contribution in [1.29, 1.82) is 0 Å². The van der Waals surface area contributed by atoms with Gasteiger partial charge in [0, 0.05) is 1.43 Å². The lowest BCUT2D eigenvalue weighted by Gasteiger charge is -1.95. The fourth-order valence-electron chi connectivity index (χ4n) is 0.729. The van der Waals surface area contributed by atoms with Gasteiger partial charge in [-0.2, -0.15) is 0 Å². The summed E-state index contributed by atoms with van der Waals surface area (Å²) in [6.07, 6.45) is 5.45. The molecule has 1 N–H and O–H groups in total.